The number of rotatable bonds is 4. The summed E-state index contributed by atoms with van der Waals surface area (Å²) in [5, 5.41) is 11.0. The third-order valence-corrected chi connectivity index (χ3v) is 2.43. The highest BCUT2D eigenvalue weighted by atomic mass is 16.4. The van der Waals surface area contributed by atoms with E-state index in [1.54, 1.807) is 31.2 Å². The third-order valence-electron chi connectivity index (χ3n) is 2.43. The van der Waals surface area contributed by atoms with Crippen LogP contribution in [0.1, 0.15) is 21.6 Å². The predicted octanol–water partition coefficient (Wildman–Crippen LogP) is 2.33. The molecule has 0 unspecified atom stereocenters. The molecule has 0 saturated carbocycles. The summed E-state index contributed by atoms with van der Waals surface area (Å²) in [5.74, 6) is -1.37. The van der Waals surface area contributed by atoms with Gasteiger partial charge < -0.3 is 9.52 Å². The molecule has 102 valence electrons. The molecule has 2 N–H and O–H groups in total. The Morgan fingerprint density at radius 1 is 1.30 bits per heavy atom. The van der Waals surface area contributed by atoms with Gasteiger partial charge in [0.1, 0.15) is 6.26 Å². The lowest BCUT2D eigenvalue weighted by atomic mass is 10.1. The number of nitrogens with one attached hydrogen (secondary N) is 1. The summed E-state index contributed by atoms with van der Waals surface area (Å²) < 4.78 is 5.03. The molecule has 1 amide bonds. The third kappa shape index (κ3) is 3.55. The van der Waals surface area contributed by atoms with E-state index in [9.17, 15) is 9.59 Å². The summed E-state index contributed by atoms with van der Waals surface area (Å²) in [7, 11) is 0. The lowest BCUT2D eigenvalue weighted by molar-refractivity contribution is -0.131. The summed E-state index contributed by atoms with van der Waals surface area (Å²) >= 11 is 0. The van der Waals surface area contributed by atoms with Crippen LogP contribution in [0.25, 0.3) is 6.08 Å². The van der Waals surface area contributed by atoms with Crippen molar-refractivity contribution in [2.24, 2.45) is 0 Å². The van der Waals surface area contributed by atoms with Gasteiger partial charge in [-0.2, -0.15) is 4.98 Å². The lowest BCUT2D eigenvalue weighted by Crippen LogP contribution is -2.11. The summed E-state index contributed by atoms with van der Waals surface area (Å²) in [4.78, 5) is 26.2. The second-order valence-corrected chi connectivity index (χ2v) is 4.04. The molecule has 0 aliphatic rings. The molecule has 6 nitrogen and oxygen atoms in total. The largest absolute Gasteiger partial charge is 0.478 e. The van der Waals surface area contributed by atoms with Gasteiger partial charge in [0.2, 0.25) is 0 Å². The van der Waals surface area contributed by atoms with Crippen LogP contribution in [0, 0.1) is 6.92 Å². The number of aliphatic carboxylic acids is 1. The highest BCUT2D eigenvalue weighted by molar-refractivity contribution is 6.03. The molecule has 1 aromatic heterocycles. The molecular formula is C14H12N2O4. The number of aromatic nitrogens is 1. The van der Waals surface area contributed by atoms with Gasteiger partial charge in [-0.3, -0.25) is 10.1 Å². The highest BCUT2D eigenvalue weighted by Gasteiger charge is 2.08. The molecule has 2 aromatic rings. The number of oxazole rings is 1. The van der Waals surface area contributed by atoms with Crippen LogP contribution in [-0.4, -0.2) is 22.0 Å². The van der Waals surface area contributed by atoms with E-state index in [0.29, 0.717) is 16.8 Å². The SMILES string of the molecule is Cc1coc(NC(=O)c2ccc(/C=C/C(=O)O)cc2)n1. The molecular weight excluding hydrogens is 260 g/mol. The number of anilines is 1. The number of carbonyl (C=O) groups excluding carboxylic acids is 1. The van der Waals surface area contributed by atoms with Gasteiger partial charge in [-0.05, 0) is 30.7 Å². The van der Waals surface area contributed by atoms with Crippen molar-refractivity contribution in [3.63, 3.8) is 0 Å². The fraction of sp³-hybridized carbons (Fsp3) is 0.0714. The van der Waals surface area contributed by atoms with Crippen molar-refractivity contribution in [3.05, 3.63) is 53.4 Å². The molecule has 0 spiro atoms. The van der Waals surface area contributed by atoms with Crippen molar-refractivity contribution < 1.29 is 19.1 Å². The van der Waals surface area contributed by atoms with Crippen molar-refractivity contribution in [1.82, 2.24) is 4.98 Å². The summed E-state index contributed by atoms with van der Waals surface area (Å²) in [6.45, 7) is 1.75. The maximum Gasteiger partial charge on any atom is 0.328 e. The maximum atomic E-state index is 11.9. The highest BCUT2D eigenvalue weighted by Crippen LogP contribution is 2.10. The number of aryl methyl sites for hydroxylation is 1. The fourth-order valence-corrected chi connectivity index (χ4v) is 1.49. The van der Waals surface area contributed by atoms with E-state index >= 15 is 0 Å². The maximum absolute atomic E-state index is 11.9. The molecule has 0 radical (unpaired) electrons. The average molecular weight is 272 g/mol. The Morgan fingerprint density at radius 3 is 2.55 bits per heavy atom. The molecule has 0 aliphatic carbocycles. The Bertz CT molecular complexity index is 656. The first-order valence-corrected chi connectivity index (χ1v) is 5.79. The monoisotopic (exact) mass is 272 g/mol. The smallest absolute Gasteiger partial charge is 0.328 e. The molecule has 2 rings (SSSR count). The van der Waals surface area contributed by atoms with Crippen molar-refractivity contribution in [2.75, 3.05) is 5.32 Å². The number of benzene rings is 1. The zero-order valence-electron chi connectivity index (χ0n) is 10.7. The molecule has 0 atom stereocenters. The van der Waals surface area contributed by atoms with Gasteiger partial charge >= 0.3 is 12.0 Å². The van der Waals surface area contributed by atoms with Crippen molar-refractivity contribution in [3.8, 4) is 0 Å². The molecule has 1 heterocycles. The van der Waals surface area contributed by atoms with Gasteiger partial charge in [0.25, 0.3) is 5.91 Å². The quantitative estimate of drug-likeness (QED) is 0.833. The summed E-state index contributed by atoms with van der Waals surface area (Å²) in [6.07, 6.45) is 3.92. The minimum atomic E-state index is -1.02. The van der Waals surface area contributed by atoms with Gasteiger partial charge in [-0.1, -0.05) is 12.1 Å². The van der Waals surface area contributed by atoms with Gasteiger partial charge in [0.15, 0.2) is 0 Å². The van der Waals surface area contributed by atoms with Crippen LogP contribution in [0.3, 0.4) is 0 Å². The van der Waals surface area contributed by atoms with Crippen LogP contribution in [0.5, 0.6) is 0 Å². The van der Waals surface area contributed by atoms with Gasteiger partial charge in [-0.15, -0.1) is 0 Å². The number of carboxylic acid groups (broad SMARTS) is 1. The molecule has 0 aliphatic heterocycles. The molecule has 20 heavy (non-hydrogen) atoms. The Labute approximate surface area is 114 Å². The lowest BCUT2D eigenvalue weighted by Gasteiger charge is -2.01. The first kappa shape index (κ1) is 13.5. The molecule has 0 fully saturated rings. The summed E-state index contributed by atoms with van der Waals surface area (Å²) in [6, 6.07) is 6.62. The zero-order valence-corrected chi connectivity index (χ0v) is 10.7. The van der Waals surface area contributed by atoms with Gasteiger partial charge in [0, 0.05) is 11.6 Å². The van der Waals surface area contributed by atoms with E-state index in [1.807, 2.05) is 0 Å². The van der Waals surface area contributed by atoms with Crippen LogP contribution in [0.4, 0.5) is 6.01 Å². The first-order valence-electron chi connectivity index (χ1n) is 5.79. The molecule has 0 bridgehead atoms. The van der Waals surface area contributed by atoms with E-state index in [2.05, 4.69) is 10.3 Å². The molecule has 0 saturated heterocycles. The van der Waals surface area contributed by atoms with Crippen LogP contribution >= 0.6 is 0 Å². The first-order chi connectivity index (χ1) is 9.54. The van der Waals surface area contributed by atoms with Crippen LogP contribution in [0.2, 0.25) is 0 Å². The second kappa shape index (κ2) is 5.83. The Balaban J connectivity index is 2.05. The standard InChI is InChI=1S/C14H12N2O4/c1-9-8-20-14(15-9)16-13(19)11-5-2-10(3-6-11)4-7-12(17)18/h2-8H,1H3,(H,17,18)(H,15,16,19)/b7-4+. The van der Waals surface area contributed by atoms with E-state index in [-0.39, 0.29) is 11.9 Å². The van der Waals surface area contributed by atoms with E-state index in [1.165, 1.54) is 12.3 Å². The number of carboxylic acids is 1. The zero-order chi connectivity index (χ0) is 14.5. The summed E-state index contributed by atoms with van der Waals surface area (Å²) in [5.41, 5.74) is 1.79. The second-order valence-electron chi connectivity index (χ2n) is 4.04. The van der Waals surface area contributed by atoms with E-state index < -0.39 is 5.97 Å². The number of amides is 1. The van der Waals surface area contributed by atoms with Crippen molar-refractivity contribution >= 4 is 24.0 Å². The Hall–Kier alpha value is -2.89. The van der Waals surface area contributed by atoms with E-state index in [0.717, 1.165) is 6.08 Å². The minimum absolute atomic E-state index is 0.141. The normalized spacial score (nSPS) is 10.7. The molecule has 1 aromatic carbocycles. The van der Waals surface area contributed by atoms with Crippen LogP contribution in [-0.2, 0) is 4.79 Å². The number of hydrogen-bond donors (Lipinski definition) is 2. The average Bonchev–Trinajstić information content (AvgIpc) is 2.82. The van der Waals surface area contributed by atoms with Crippen LogP contribution in [0.15, 0.2) is 41.0 Å². The minimum Gasteiger partial charge on any atom is -0.478 e. The topological polar surface area (TPSA) is 92.4 Å². The van der Waals surface area contributed by atoms with Crippen molar-refractivity contribution in [1.29, 1.82) is 0 Å². The predicted molar refractivity (Wildman–Crippen MR) is 72.3 cm³/mol. The number of hydrogen-bond acceptors (Lipinski definition) is 4. The molecule has 6 heteroatoms. The Morgan fingerprint density at radius 2 is 2.00 bits per heavy atom. The number of nitrogens with zero attached hydrogens (tertiary/aromatic N) is 1. The van der Waals surface area contributed by atoms with Crippen LogP contribution < -0.4 is 5.32 Å². The fourth-order valence-electron chi connectivity index (χ4n) is 1.49. The van der Waals surface area contributed by atoms with Gasteiger partial charge in [0.05, 0.1) is 5.69 Å². The number of carbonyl (C=O) groups is 2. The van der Waals surface area contributed by atoms with Crippen molar-refractivity contribution in [2.45, 2.75) is 6.92 Å². The van der Waals surface area contributed by atoms with E-state index in [4.69, 9.17) is 9.52 Å². The Kier molecular flexibility index (Phi) is 3.95. The van der Waals surface area contributed by atoms with Gasteiger partial charge in [-0.25, -0.2) is 4.79 Å².